The Labute approximate surface area is 199 Å². The quantitative estimate of drug-likeness (QED) is 0.306. The molecule has 1 aromatic carbocycles. The number of guanidine groups is 1. The van der Waals surface area contributed by atoms with Crippen LogP contribution in [0.25, 0.3) is 0 Å². The van der Waals surface area contributed by atoms with Crippen molar-refractivity contribution < 1.29 is 9.47 Å². The summed E-state index contributed by atoms with van der Waals surface area (Å²) in [5.74, 6) is 0.841. The van der Waals surface area contributed by atoms with Gasteiger partial charge in [0.25, 0.3) is 0 Å². The van der Waals surface area contributed by atoms with E-state index in [9.17, 15) is 0 Å². The van der Waals surface area contributed by atoms with E-state index in [-0.39, 0.29) is 29.6 Å². The lowest BCUT2D eigenvalue weighted by molar-refractivity contribution is -0.0855. The Hall–Kier alpha value is -0.900. The molecule has 0 bridgehead atoms. The molecule has 0 saturated carbocycles. The first-order valence-electron chi connectivity index (χ1n) is 11.2. The molecule has 0 unspecified atom stereocenters. The Morgan fingerprint density at radius 2 is 1.73 bits per heavy atom. The van der Waals surface area contributed by atoms with E-state index in [1.165, 1.54) is 43.5 Å². The van der Waals surface area contributed by atoms with Gasteiger partial charge in [0.1, 0.15) is 0 Å². The van der Waals surface area contributed by atoms with Gasteiger partial charge in [0.15, 0.2) is 5.96 Å². The van der Waals surface area contributed by atoms with Gasteiger partial charge in [0, 0.05) is 52.8 Å². The van der Waals surface area contributed by atoms with E-state index in [0.29, 0.717) is 6.54 Å². The van der Waals surface area contributed by atoms with Gasteiger partial charge in [-0.1, -0.05) is 30.7 Å². The van der Waals surface area contributed by atoms with E-state index < -0.39 is 0 Å². The number of likely N-dealkylation sites (tertiary alicyclic amines) is 1. The zero-order chi connectivity index (χ0) is 20.4. The van der Waals surface area contributed by atoms with E-state index in [4.69, 9.17) is 14.5 Å². The molecule has 170 valence electrons. The van der Waals surface area contributed by atoms with Crippen molar-refractivity contribution >= 4 is 29.9 Å². The number of rotatable bonds is 8. The van der Waals surface area contributed by atoms with Crippen molar-refractivity contribution in [1.29, 1.82) is 0 Å². The average Bonchev–Trinajstić information content (AvgIpc) is 2.78. The highest BCUT2D eigenvalue weighted by atomic mass is 127. The average molecular weight is 530 g/mol. The molecule has 0 spiro atoms. The largest absolute Gasteiger partial charge is 0.381 e. The highest BCUT2D eigenvalue weighted by Crippen LogP contribution is 2.23. The number of hydrogen-bond acceptors (Lipinski definition) is 4. The van der Waals surface area contributed by atoms with Crippen LogP contribution in [0, 0.1) is 0 Å². The van der Waals surface area contributed by atoms with Crippen molar-refractivity contribution in [3.8, 4) is 0 Å². The van der Waals surface area contributed by atoms with Gasteiger partial charge >= 0.3 is 0 Å². The molecule has 0 aromatic heterocycles. The zero-order valence-corrected chi connectivity index (χ0v) is 21.0. The number of ether oxygens (including phenoxy) is 2. The fourth-order valence-corrected chi connectivity index (χ4v) is 4.08. The number of aliphatic imine (C=N–C) groups is 1. The molecular formula is C23H39IN4O2. The number of piperidine rings is 1. The number of benzene rings is 1. The van der Waals surface area contributed by atoms with Gasteiger partial charge in [0.05, 0.1) is 12.1 Å². The van der Waals surface area contributed by atoms with Crippen LogP contribution in [-0.2, 0) is 22.6 Å². The van der Waals surface area contributed by atoms with Crippen molar-refractivity contribution in [2.75, 3.05) is 46.5 Å². The van der Waals surface area contributed by atoms with Crippen LogP contribution in [0.5, 0.6) is 0 Å². The van der Waals surface area contributed by atoms with Gasteiger partial charge in [-0.15, -0.1) is 24.0 Å². The predicted octanol–water partition coefficient (Wildman–Crippen LogP) is 3.54. The van der Waals surface area contributed by atoms with Gasteiger partial charge in [-0.25, -0.2) is 4.99 Å². The third-order valence-corrected chi connectivity index (χ3v) is 6.06. The van der Waals surface area contributed by atoms with Crippen LogP contribution in [0.1, 0.15) is 50.2 Å². The molecular weight excluding hydrogens is 491 g/mol. The van der Waals surface area contributed by atoms with E-state index in [2.05, 4.69) is 46.7 Å². The normalized spacial score (nSPS) is 19.7. The molecule has 0 amide bonds. The lowest BCUT2D eigenvalue weighted by Crippen LogP contribution is -2.50. The van der Waals surface area contributed by atoms with Crippen molar-refractivity contribution in [3.05, 3.63) is 35.4 Å². The van der Waals surface area contributed by atoms with Crippen LogP contribution < -0.4 is 10.6 Å². The van der Waals surface area contributed by atoms with Gasteiger partial charge in [-0.05, 0) is 44.0 Å². The summed E-state index contributed by atoms with van der Waals surface area (Å²) in [5.41, 5.74) is 2.47. The summed E-state index contributed by atoms with van der Waals surface area (Å²) in [6.45, 7) is 9.39. The maximum Gasteiger partial charge on any atom is 0.191 e. The van der Waals surface area contributed by atoms with Crippen LogP contribution in [0.2, 0.25) is 0 Å². The number of nitrogens with zero attached hydrogens (tertiary/aromatic N) is 2. The SMILES string of the molecule is CCNC(=NCc1ccc(CN2CCCCC2)cc1)NCC1(OC)CCOCC1.I. The maximum atomic E-state index is 5.82. The molecule has 2 fully saturated rings. The second kappa shape index (κ2) is 13.5. The lowest BCUT2D eigenvalue weighted by Gasteiger charge is -2.36. The van der Waals surface area contributed by atoms with E-state index >= 15 is 0 Å². The van der Waals surface area contributed by atoms with Crippen LogP contribution in [0.15, 0.2) is 29.3 Å². The molecule has 2 saturated heterocycles. The predicted molar refractivity (Wildman–Crippen MR) is 134 cm³/mol. The van der Waals surface area contributed by atoms with Gasteiger partial charge < -0.3 is 20.1 Å². The summed E-state index contributed by atoms with van der Waals surface area (Å²) < 4.78 is 11.3. The molecule has 0 atom stereocenters. The Morgan fingerprint density at radius 1 is 1.07 bits per heavy atom. The fourth-order valence-electron chi connectivity index (χ4n) is 4.08. The van der Waals surface area contributed by atoms with Crippen LogP contribution in [0.4, 0.5) is 0 Å². The lowest BCUT2D eigenvalue weighted by atomic mass is 9.94. The zero-order valence-electron chi connectivity index (χ0n) is 18.6. The Morgan fingerprint density at radius 3 is 2.37 bits per heavy atom. The van der Waals surface area contributed by atoms with Crippen molar-refractivity contribution in [1.82, 2.24) is 15.5 Å². The summed E-state index contributed by atoms with van der Waals surface area (Å²) in [5, 5.41) is 6.81. The topological polar surface area (TPSA) is 58.1 Å². The smallest absolute Gasteiger partial charge is 0.191 e. The second-order valence-electron chi connectivity index (χ2n) is 8.20. The highest BCUT2D eigenvalue weighted by molar-refractivity contribution is 14.0. The van der Waals surface area contributed by atoms with Crippen molar-refractivity contribution in [2.24, 2.45) is 4.99 Å². The molecule has 30 heavy (non-hydrogen) atoms. The summed E-state index contributed by atoms with van der Waals surface area (Å²) in [6, 6.07) is 8.92. The first-order chi connectivity index (χ1) is 14.2. The summed E-state index contributed by atoms with van der Waals surface area (Å²) >= 11 is 0. The highest BCUT2D eigenvalue weighted by Gasteiger charge is 2.32. The van der Waals surface area contributed by atoms with Gasteiger partial charge in [0.2, 0.25) is 0 Å². The third kappa shape index (κ3) is 7.98. The number of halogens is 1. The first-order valence-corrected chi connectivity index (χ1v) is 11.2. The van der Waals surface area contributed by atoms with Gasteiger partial charge in [-0.3, -0.25) is 4.90 Å². The molecule has 1 aromatic rings. The molecule has 2 heterocycles. The fraction of sp³-hybridized carbons (Fsp3) is 0.696. The first kappa shape index (κ1) is 25.4. The molecule has 6 nitrogen and oxygen atoms in total. The monoisotopic (exact) mass is 530 g/mol. The van der Waals surface area contributed by atoms with Crippen LogP contribution >= 0.6 is 24.0 Å². The second-order valence-corrected chi connectivity index (χ2v) is 8.20. The van der Waals surface area contributed by atoms with Crippen LogP contribution in [0.3, 0.4) is 0 Å². The molecule has 0 radical (unpaired) electrons. The minimum atomic E-state index is -0.162. The molecule has 3 rings (SSSR count). The Bertz CT molecular complexity index is 627. The minimum absolute atomic E-state index is 0. The maximum absolute atomic E-state index is 5.82. The molecule has 2 aliphatic heterocycles. The van der Waals surface area contributed by atoms with Gasteiger partial charge in [-0.2, -0.15) is 0 Å². The Balaban J connectivity index is 0.00000320. The van der Waals surface area contributed by atoms with E-state index in [1.54, 1.807) is 7.11 Å². The molecule has 2 aliphatic rings. The number of hydrogen-bond donors (Lipinski definition) is 2. The van der Waals surface area contributed by atoms with Crippen molar-refractivity contribution in [2.45, 2.75) is 57.7 Å². The summed E-state index contributed by atoms with van der Waals surface area (Å²) in [4.78, 5) is 7.34. The van der Waals surface area contributed by atoms with E-state index in [1.807, 2.05) is 0 Å². The Kier molecular flexibility index (Phi) is 11.4. The van der Waals surface area contributed by atoms with Crippen molar-refractivity contribution in [3.63, 3.8) is 0 Å². The number of methoxy groups -OCH3 is 1. The summed E-state index contributed by atoms with van der Waals surface area (Å²) in [7, 11) is 1.79. The molecule has 2 N–H and O–H groups in total. The summed E-state index contributed by atoms with van der Waals surface area (Å²) in [6.07, 6.45) is 5.88. The molecule has 7 heteroatoms. The standard InChI is InChI=1S/C23H38N4O2.HI/c1-3-24-22(26-19-23(28-2)11-15-29-16-12-23)25-17-20-7-9-21(10-8-20)18-27-13-5-4-6-14-27;/h7-10H,3-6,11-19H2,1-2H3,(H2,24,25,26);1H. The third-order valence-electron chi connectivity index (χ3n) is 6.06. The van der Waals surface area contributed by atoms with E-state index in [0.717, 1.165) is 51.6 Å². The minimum Gasteiger partial charge on any atom is -0.381 e. The van der Waals surface area contributed by atoms with Crippen LogP contribution in [-0.4, -0.2) is 63.0 Å². The number of nitrogens with one attached hydrogen (secondary N) is 2. The molecule has 0 aliphatic carbocycles.